The van der Waals surface area contributed by atoms with Crippen LogP contribution in [0.2, 0.25) is 0 Å². The van der Waals surface area contributed by atoms with E-state index in [1.165, 1.54) is 27.7 Å². The smallest absolute Gasteiger partial charge is 0.247 e. The average Bonchev–Trinajstić information content (AvgIpc) is 2.02. The summed E-state index contributed by atoms with van der Waals surface area (Å²) in [5, 5.41) is 17.1. The summed E-state index contributed by atoms with van der Waals surface area (Å²) in [6, 6.07) is 3.60. The molecule has 0 saturated heterocycles. The maximum Gasteiger partial charge on any atom is 0.307 e. The van der Waals surface area contributed by atoms with Crippen LogP contribution in [0.1, 0.15) is 27.7 Å². The molecule has 0 aliphatic carbocycles. The molecule has 0 spiro atoms. The molecule has 0 atom stereocenters. The number of hydrogen-bond donors (Lipinski definition) is 0. The molecule has 5 nitrogen and oxygen atoms in total. The van der Waals surface area contributed by atoms with Crippen molar-refractivity contribution in [2.24, 2.45) is 0 Å². The van der Waals surface area contributed by atoms with Gasteiger partial charge in [-0.15, -0.1) is 0 Å². The van der Waals surface area contributed by atoms with Crippen molar-refractivity contribution < 1.29 is 12.6 Å². The van der Waals surface area contributed by atoms with Crippen LogP contribution in [0.5, 0.6) is 0 Å². The molecule has 0 heterocycles. The summed E-state index contributed by atoms with van der Waals surface area (Å²) >= 11 is -2.10. The maximum absolute atomic E-state index is 11.2. The van der Waals surface area contributed by atoms with Gasteiger partial charge in [0.15, 0.2) is 11.2 Å². The van der Waals surface area contributed by atoms with Crippen molar-refractivity contribution >= 4 is 11.4 Å². The second kappa shape index (κ2) is 4.52. The zero-order valence-electron chi connectivity index (χ0n) is 8.53. The Kier molecular flexibility index (Phi) is 4.21. The molecule has 0 aliphatic rings. The van der Waals surface area contributed by atoms with Crippen molar-refractivity contribution in [3.63, 3.8) is 0 Å². The monoisotopic (exact) mass is 216 g/mol. The molecule has 0 fully saturated rings. The zero-order valence-corrected chi connectivity index (χ0v) is 9.34. The van der Waals surface area contributed by atoms with Gasteiger partial charge in [0.1, 0.15) is 0 Å². The molecule has 6 heteroatoms. The zero-order chi connectivity index (χ0) is 11.4. The highest BCUT2D eigenvalue weighted by Crippen LogP contribution is 2.15. The second-order valence-electron chi connectivity index (χ2n) is 3.62. The normalized spacial score (nSPS) is 12.2. The van der Waals surface area contributed by atoms with E-state index in [1.54, 1.807) is 12.1 Å². The number of nitriles is 2. The Hall–Kier alpha value is -0.950. The standard InChI is InChI=1S/C8H12N2O3S/c1-7(2,5-9)12-14(11)13-8(3,4)6-10/h1-4H3. The van der Waals surface area contributed by atoms with Gasteiger partial charge in [0.05, 0.1) is 12.1 Å². The van der Waals surface area contributed by atoms with E-state index in [0.29, 0.717) is 0 Å². The number of nitrogens with zero attached hydrogens (tertiary/aromatic N) is 2. The Morgan fingerprint density at radius 1 is 1.00 bits per heavy atom. The van der Waals surface area contributed by atoms with Gasteiger partial charge in [0.25, 0.3) is 0 Å². The molecule has 0 aromatic heterocycles. The molecule has 0 amide bonds. The lowest BCUT2D eigenvalue weighted by Gasteiger charge is -2.18. The van der Waals surface area contributed by atoms with Crippen LogP contribution in [0, 0.1) is 22.7 Å². The quantitative estimate of drug-likeness (QED) is 0.705. The molecule has 78 valence electrons. The lowest BCUT2D eigenvalue weighted by Crippen LogP contribution is -2.29. The van der Waals surface area contributed by atoms with E-state index < -0.39 is 22.6 Å². The van der Waals surface area contributed by atoms with Crippen LogP contribution >= 0.6 is 0 Å². The third kappa shape index (κ3) is 4.93. The van der Waals surface area contributed by atoms with Crippen LogP contribution in [-0.4, -0.2) is 15.4 Å². The van der Waals surface area contributed by atoms with Crippen molar-refractivity contribution in [2.45, 2.75) is 38.9 Å². The lowest BCUT2D eigenvalue weighted by molar-refractivity contribution is 0.114. The largest absolute Gasteiger partial charge is 0.307 e. The highest BCUT2D eigenvalue weighted by molar-refractivity contribution is 7.75. The van der Waals surface area contributed by atoms with Gasteiger partial charge >= 0.3 is 11.4 Å². The molecule has 14 heavy (non-hydrogen) atoms. The van der Waals surface area contributed by atoms with E-state index in [-0.39, 0.29) is 0 Å². The van der Waals surface area contributed by atoms with E-state index in [2.05, 4.69) is 0 Å². The van der Waals surface area contributed by atoms with Crippen LogP contribution in [-0.2, 0) is 19.7 Å². The summed E-state index contributed by atoms with van der Waals surface area (Å²) in [5.74, 6) is 0. The third-order valence-electron chi connectivity index (χ3n) is 1.09. The molecule has 0 rings (SSSR count). The van der Waals surface area contributed by atoms with Crippen molar-refractivity contribution in [1.29, 1.82) is 10.5 Å². The van der Waals surface area contributed by atoms with E-state index in [9.17, 15) is 4.21 Å². The highest BCUT2D eigenvalue weighted by Gasteiger charge is 2.27. The van der Waals surface area contributed by atoms with E-state index in [0.717, 1.165) is 0 Å². The van der Waals surface area contributed by atoms with Crippen molar-refractivity contribution in [3.8, 4) is 12.1 Å². The first kappa shape index (κ1) is 13.1. The van der Waals surface area contributed by atoms with Gasteiger partial charge < -0.3 is 0 Å². The summed E-state index contributed by atoms with van der Waals surface area (Å²) < 4.78 is 20.7. The molecular weight excluding hydrogens is 204 g/mol. The van der Waals surface area contributed by atoms with Gasteiger partial charge in [-0.05, 0) is 27.7 Å². The van der Waals surface area contributed by atoms with Gasteiger partial charge in [-0.25, -0.2) is 8.37 Å². The Labute approximate surface area is 86.1 Å². The first-order valence-corrected chi connectivity index (χ1v) is 4.86. The molecule has 0 radical (unpaired) electrons. The number of hydrogen-bond acceptors (Lipinski definition) is 5. The molecule has 0 bridgehead atoms. The van der Waals surface area contributed by atoms with Gasteiger partial charge in [-0.1, -0.05) is 0 Å². The summed E-state index contributed by atoms with van der Waals surface area (Å²) in [6.07, 6.45) is 0. The minimum absolute atomic E-state index is 1.20. The van der Waals surface area contributed by atoms with E-state index in [1.807, 2.05) is 0 Å². The molecular formula is C8H12N2O3S. The second-order valence-corrected chi connectivity index (χ2v) is 4.36. The fourth-order valence-corrected chi connectivity index (χ4v) is 1.18. The summed E-state index contributed by atoms with van der Waals surface area (Å²) in [7, 11) is 0. The fourth-order valence-electron chi connectivity index (χ4n) is 0.394. The Morgan fingerprint density at radius 3 is 1.50 bits per heavy atom. The lowest BCUT2D eigenvalue weighted by atomic mass is 10.2. The first-order valence-electron chi connectivity index (χ1n) is 3.86. The van der Waals surface area contributed by atoms with Crippen LogP contribution < -0.4 is 0 Å². The minimum Gasteiger partial charge on any atom is -0.247 e. The first-order chi connectivity index (χ1) is 6.22. The fraction of sp³-hybridized carbons (Fsp3) is 0.750. The molecule has 0 unspecified atom stereocenters. The molecule has 0 aromatic carbocycles. The molecule has 0 aliphatic heterocycles. The van der Waals surface area contributed by atoms with Gasteiger partial charge in [-0.2, -0.15) is 14.7 Å². The van der Waals surface area contributed by atoms with Gasteiger partial charge in [-0.3, -0.25) is 0 Å². The summed E-state index contributed by atoms with van der Waals surface area (Å²) in [4.78, 5) is 0. The Balaban J connectivity index is 4.30. The van der Waals surface area contributed by atoms with Crippen LogP contribution in [0.15, 0.2) is 0 Å². The predicted molar refractivity (Wildman–Crippen MR) is 49.7 cm³/mol. The van der Waals surface area contributed by atoms with E-state index in [4.69, 9.17) is 18.9 Å². The van der Waals surface area contributed by atoms with Crippen LogP contribution in [0.3, 0.4) is 0 Å². The maximum atomic E-state index is 11.2. The Bertz CT molecular complexity index is 282. The highest BCUT2D eigenvalue weighted by atomic mass is 32.2. The van der Waals surface area contributed by atoms with Gasteiger partial charge in [0, 0.05) is 0 Å². The van der Waals surface area contributed by atoms with Crippen molar-refractivity contribution in [1.82, 2.24) is 0 Å². The van der Waals surface area contributed by atoms with E-state index >= 15 is 0 Å². The Morgan fingerprint density at radius 2 is 1.29 bits per heavy atom. The number of rotatable bonds is 4. The van der Waals surface area contributed by atoms with Gasteiger partial charge in [0.2, 0.25) is 0 Å². The minimum atomic E-state index is -2.10. The van der Waals surface area contributed by atoms with Crippen molar-refractivity contribution in [2.75, 3.05) is 0 Å². The summed E-state index contributed by atoms with van der Waals surface area (Å²) in [6.45, 7) is 5.81. The van der Waals surface area contributed by atoms with Crippen LogP contribution in [0.4, 0.5) is 0 Å². The van der Waals surface area contributed by atoms with Crippen molar-refractivity contribution in [3.05, 3.63) is 0 Å². The molecule has 0 N–H and O–H groups in total. The SMILES string of the molecule is CC(C)(C#N)OS(=O)OC(C)(C)C#N. The summed E-state index contributed by atoms with van der Waals surface area (Å²) in [5.41, 5.74) is -2.40. The topological polar surface area (TPSA) is 83.1 Å². The molecule has 0 aromatic rings. The third-order valence-corrected chi connectivity index (χ3v) is 2.20. The van der Waals surface area contributed by atoms with Crippen LogP contribution in [0.25, 0.3) is 0 Å². The molecule has 0 saturated carbocycles. The predicted octanol–water partition coefficient (Wildman–Crippen LogP) is 1.20. The average molecular weight is 216 g/mol.